The average Bonchev–Trinajstić information content (AvgIpc) is 2.79. The molecule has 1 aromatic carbocycles. The third-order valence-electron chi connectivity index (χ3n) is 2.56. The maximum atomic E-state index is 13.4. The van der Waals surface area contributed by atoms with Crippen molar-refractivity contribution in [3.8, 4) is 0 Å². The van der Waals surface area contributed by atoms with Crippen molar-refractivity contribution in [3.05, 3.63) is 57.5 Å². The van der Waals surface area contributed by atoms with Crippen LogP contribution in [0.2, 0.25) is 0 Å². The average molecular weight is 312 g/mol. The summed E-state index contributed by atoms with van der Waals surface area (Å²) in [5.41, 5.74) is 5.64. The molecule has 0 saturated heterocycles. The summed E-state index contributed by atoms with van der Waals surface area (Å²) in [5, 5.41) is 3.58. The van der Waals surface area contributed by atoms with Gasteiger partial charge in [0.1, 0.15) is 5.82 Å². The van der Waals surface area contributed by atoms with E-state index in [0.29, 0.717) is 5.56 Å². The van der Waals surface area contributed by atoms with Gasteiger partial charge in [0.2, 0.25) is 0 Å². The van der Waals surface area contributed by atoms with Crippen LogP contribution in [0.15, 0.2) is 35.0 Å². The predicted molar refractivity (Wildman–Crippen MR) is 69.0 cm³/mol. The van der Waals surface area contributed by atoms with Gasteiger partial charge in [-0.2, -0.15) is 24.5 Å². The number of hydrogen-bond donors (Lipinski definition) is 1. The first kappa shape index (κ1) is 15.9. The van der Waals surface area contributed by atoms with E-state index in [0.717, 1.165) is 17.7 Å². The molecule has 1 atom stereocenters. The summed E-state index contributed by atoms with van der Waals surface area (Å²) in [4.78, 5) is 0. The smallest absolute Gasteiger partial charge is 0.320 e. The molecule has 0 bridgehead atoms. The molecule has 0 amide bonds. The Labute approximate surface area is 117 Å². The van der Waals surface area contributed by atoms with Gasteiger partial charge in [0, 0.05) is 0 Å². The highest BCUT2D eigenvalue weighted by Crippen LogP contribution is 2.33. The quantitative estimate of drug-likeness (QED) is 0.819. The van der Waals surface area contributed by atoms with E-state index in [1.807, 2.05) is 0 Å². The monoisotopic (exact) mass is 311 g/mol. The Bertz CT molecular complexity index is 539. The normalized spacial score (nSPS) is 12.9. The Hall–Kier alpha value is -1.11. The number of hydrogen-bond acceptors (Lipinski definition) is 2. The molecule has 1 aromatic heterocycles. The molecular formula is C12H10ClF4NS. The molecule has 0 aliphatic carbocycles. The van der Waals surface area contributed by atoms with Crippen LogP contribution < -0.4 is 5.73 Å². The summed E-state index contributed by atoms with van der Waals surface area (Å²) in [6.45, 7) is 0. The van der Waals surface area contributed by atoms with E-state index in [1.54, 1.807) is 16.8 Å². The number of halogens is 5. The summed E-state index contributed by atoms with van der Waals surface area (Å²) in [5.74, 6) is -1.30. The molecule has 7 heteroatoms. The molecule has 1 nitrogen and oxygen atoms in total. The lowest BCUT2D eigenvalue weighted by molar-refractivity contribution is -0.140. The Morgan fingerprint density at radius 1 is 1.11 bits per heavy atom. The minimum atomic E-state index is -4.69. The Morgan fingerprint density at radius 3 is 2.26 bits per heavy atom. The molecule has 2 rings (SSSR count). The molecule has 104 valence electrons. The fraction of sp³-hybridized carbons (Fsp3) is 0.167. The van der Waals surface area contributed by atoms with Crippen molar-refractivity contribution in [1.29, 1.82) is 0 Å². The minimum absolute atomic E-state index is 0. The van der Waals surface area contributed by atoms with Crippen LogP contribution in [0.4, 0.5) is 17.6 Å². The van der Waals surface area contributed by atoms with Crippen molar-refractivity contribution in [3.63, 3.8) is 0 Å². The van der Waals surface area contributed by atoms with Crippen LogP contribution in [0.3, 0.4) is 0 Å². The molecule has 0 aliphatic heterocycles. The first-order valence-electron chi connectivity index (χ1n) is 5.04. The van der Waals surface area contributed by atoms with Crippen LogP contribution in [0.1, 0.15) is 22.7 Å². The Morgan fingerprint density at radius 2 is 1.79 bits per heavy atom. The summed E-state index contributed by atoms with van der Waals surface area (Å²) >= 11 is 1.42. The molecule has 19 heavy (non-hydrogen) atoms. The Kier molecular flexibility index (Phi) is 4.95. The van der Waals surface area contributed by atoms with E-state index >= 15 is 0 Å². The van der Waals surface area contributed by atoms with Crippen LogP contribution in [0.5, 0.6) is 0 Å². The summed E-state index contributed by atoms with van der Waals surface area (Å²) < 4.78 is 50.5. The van der Waals surface area contributed by atoms with Crippen LogP contribution in [0, 0.1) is 5.82 Å². The van der Waals surface area contributed by atoms with Gasteiger partial charge < -0.3 is 5.73 Å². The zero-order chi connectivity index (χ0) is 13.3. The largest absolute Gasteiger partial charge is 0.419 e. The van der Waals surface area contributed by atoms with Crippen LogP contribution in [-0.2, 0) is 6.18 Å². The van der Waals surface area contributed by atoms with Crippen molar-refractivity contribution in [2.24, 2.45) is 5.73 Å². The van der Waals surface area contributed by atoms with E-state index in [9.17, 15) is 17.6 Å². The molecule has 0 saturated carbocycles. The first-order chi connectivity index (χ1) is 8.39. The predicted octanol–water partition coefficient (Wildman–Crippen LogP) is 4.38. The minimum Gasteiger partial charge on any atom is -0.320 e. The van der Waals surface area contributed by atoms with Gasteiger partial charge in [-0.15, -0.1) is 12.4 Å². The number of nitrogens with two attached hydrogens (primary N) is 1. The lowest BCUT2D eigenvalue weighted by Crippen LogP contribution is -2.13. The highest BCUT2D eigenvalue weighted by atomic mass is 35.5. The van der Waals surface area contributed by atoms with Gasteiger partial charge in [0.15, 0.2) is 0 Å². The van der Waals surface area contributed by atoms with Crippen LogP contribution >= 0.6 is 23.7 Å². The fourth-order valence-electron chi connectivity index (χ4n) is 1.60. The van der Waals surface area contributed by atoms with E-state index in [2.05, 4.69) is 0 Å². The number of thiophene rings is 1. The number of rotatable bonds is 2. The Balaban J connectivity index is 0.00000180. The lowest BCUT2D eigenvalue weighted by atomic mass is 10.0. The molecule has 0 unspecified atom stereocenters. The molecule has 0 aliphatic rings. The molecule has 1 heterocycles. The molecule has 0 spiro atoms. The molecule has 2 aromatic rings. The van der Waals surface area contributed by atoms with E-state index in [1.165, 1.54) is 17.4 Å². The molecule has 0 fully saturated rings. The zero-order valence-electron chi connectivity index (χ0n) is 9.45. The van der Waals surface area contributed by atoms with Gasteiger partial charge in [-0.25, -0.2) is 4.39 Å². The zero-order valence-corrected chi connectivity index (χ0v) is 11.1. The van der Waals surface area contributed by atoms with Crippen molar-refractivity contribution < 1.29 is 17.6 Å². The second-order valence-electron chi connectivity index (χ2n) is 3.77. The second-order valence-corrected chi connectivity index (χ2v) is 4.55. The number of benzene rings is 1. The summed E-state index contributed by atoms with van der Waals surface area (Å²) in [7, 11) is 0. The fourth-order valence-corrected chi connectivity index (χ4v) is 2.30. The maximum Gasteiger partial charge on any atom is 0.419 e. The first-order valence-corrected chi connectivity index (χ1v) is 5.98. The lowest BCUT2D eigenvalue weighted by Gasteiger charge is -2.13. The van der Waals surface area contributed by atoms with Crippen molar-refractivity contribution in [1.82, 2.24) is 0 Å². The second kappa shape index (κ2) is 5.90. The standard InChI is InChI=1S/C12H9F4NS.ClH/c13-10-5-7(1-2-9(10)12(14,15)16)11(17)8-3-4-18-6-8;/h1-6,11H,17H2;1H/t11-;/m0./s1. The highest BCUT2D eigenvalue weighted by Gasteiger charge is 2.34. The van der Waals surface area contributed by atoms with Gasteiger partial charge in [0.25, 0.3) is 0 Å². The summed E-state index contributed by atoms with van der Waals surface area (Å²) in [6, 6.07) is 3.90. The number of alkyl halides is 3. The summed E-state index contributed by atoms with van der Waals surface area (Å²) in [6.07, 6.45) is -4.69. The van der Waals surface area contributed by atoms with Gasteiger partial charge in [0.05, 0.1) is 11.6 Å². The molecular weight excluding hydrogens is 302 g/mol. The topological polar surface area (TPSA) is 26.0 Å². The molecule has 2 N–H and O–H groups in total. The van der Waals surface area contributed by atoms with Crippen LogP contribution in [0.25, 0.3) is 0 Å². The third kappa shape index (κ3) is 3.46. The van der Waals surface area contributed by atoms with E-state index < -0.39 is 23.6 Å². The van der Waals surface area contributed by atoms with Gasteiger partial charge in [-0.1, -0.05) is 6.07 Å². The highest BCUT2D eigenvalue weighted by molar-refractivity contribution is 7.08. The van der Waals surface area contributed by atoms with Crippen molar-refractivity contribution >= 4 is 23.7 Å². The van der Waals surface area contributed by atoms with Gasteiger partial charge >= 0.3 is 6.18 Å². The maximum absolute atomic E-state index is 13.4. The van der Waals surface area contributed by atoms with Gasteiger partial charge in [-0.05, 0) is 40.1 Å². The van der Waals surface area contributed by atoms with Crippen molar-refractivity contribution in [2.75, 3.05) is 0 Å². The SMILES string of the molecule is Cl.N[C@H](c1ccsc1)c1ccc(C(F)(F)F)c(F)c1. The van der Waals surface area contributed by atoms with Crippen molar-refractivity contribution in [2.45, 2.75) is 12.2 Å². The van der Waals surface area contributed by atoms with Crippen LogP contribution in [-0.4, -0.2) is 0 Å². The van der Waals surface area contributed by atoms with E-state index in [4.69, 9.17) is 5.73 Å². The van der Waals surface area contributed by atoms with Gasteiger partial charge in [-0.3, -0.25) is 0 Å². The van der Waals surface area contributed by atoms with E-state index in [-0.39, 0.29) is 12.4 Å². The molecule has 0 radical (unpaired) electrons. The third-order valence-corrected chi connectivity index (χ3v) is 3.26.